The van der Waals surface area contributed by atoms with E-state index in [-0.39, 0.29) is 5.66 Å². The molecule has 1 saturated carbocycles. The highest BCUT2D eigenvalue weighted by atomic mass is 16.5. The van der Waals surface area contributed by atoms with Crippen LogP contribution in [0.2, 0.25) is 0 Å². The third-order valence-corrected chi connectivity index (χ3v) is 4.79. The Balaban J connectivity index is 1.91. The standard InChI is InChI=1S/C17H21N3O/c1-12-10-16-14-11-13(21-2)6-7-15(14)18-17(20(16)19-12)8-4-3-5-9-17/h6-7,10-11,18H,3-5,8-9H2,1-2H3. The molecule has 1 fully saturated rings. The molecule has 4 nitrogen and oxygen atoms in total. The van der Waals surface area contributed by atoms with E-state index in [4.69, 9.17) is 9.84 Å². The lowest BCUT2D eigenvalue weighted by Gasteiger charge is -2.43. The first kappa shape index (κ1) is 12.7. The third-order valence-electron chi connectivity index (χ3n) is 4.79. The average molecular weight is 283 g/mol. The molecule has 0 unspecified atom stereocenters. The molecule has 1 N–H and O–H groups in total. The molecule has 1 aromatic heterocycles. The van der Waals surface area contributed by atoms with E-state index in [1.807, 2.05) is 6.07 Å². The predicted molar refractivity (Wildman–Crippen MR) is 83.6 cm³/mol. The van der Waals surface area contributed by atoms with Crippen molar-refractivity contribution in [3.05, 3.63) is 30.0 Å². The van der Waals surface area contributed by atoms with Gasteiger partial charge in [-0.25, -0.2) is 4.68 Å². The number of aryl methyl sites for hydroxylation is 1. The minimum absolute atomic E-state index is 0.0383. The van der Waals surface area contributed by atoms with Gasteiger partial charge in [-0.15, -0.1) is 0 Å². The molecule has 0 bridgehead atoms. The third kappa shape index (κ3) is 1.85. The molecule has 2 aliphatic rings. The zero-order valence-corrected chi connectivity index (χ0v) is 12.6. The van der Waals surface area contributed by atoms with Gasteiger partial charge in [-0.05, 0) is 56.9 Å². The Hall–Kier alpha value is -1.97. The van der Waals surface area contributed by atoms with Crippen LogP contribution >= 0.6 is 0 Å². The van der Waals surface area contributed by atoms with Gasteiger partial charge in [0, 0.05) is 11.3 Å². The van der Waals surface area contributed by atoms with E-state index in [9.17, 15) is 0 Å². The maximum absolute atomic E-state index is 5.38. The van der Waals surface area contributed by atoms with Gasteiger partial charge in [0.05, 0.1) is 18.5 Å². The molecule has 4 rings (SSSR count). The van der Waals surface area contributed by atoms with E-state index in [1.165, 1.54) is 36.2 Å². The monoisotopic (exact) mass is 283 g/mol. The summed E-state index contributed by atoms with van der Waals surface area (Å²) in [5.74, 6) is 0.889. The second-order valence-electron chi connectivity index (χ2n) is 6.21. The van der Waals surface area contributed by atoms with Gasteiger partial charge in [0.2, 0.25) is 0 Å². The molecule has 110 valence electrons. The number of methoxy groups -OCH3 is 1. The minimum atomic E-state index is -0.0383. The molecule has 1 aliphatic heterocycles. The summed E-state index contributed by atoms with van der Waals surface area (Å²) in [6.07, 6.45) is 6.14. The number of hydrogen-bond donors (Lipinski definition) is 1. The molecule has 1 spiro atoms. The highest BCUT2D eigenvalue weighted by molar-refractivity contribution is 5.80. The molecule has 2 heterocycles. The van der Waals surface area contributed by atoms with Gasteiger partial charge in [-0.3, -0.25) is 0 Å². The number of nitrogens with one attached hydrogen (secondary N) is 1. The van der Waals surface area contributed by atoms with Crippen LogP contribution in [-0.4, -0.2) is 16.9 Å². The van der Waals surface area contributed by atoms with Crippen molar-refractivity contribution in [3.8, 4) is 17.0 Å². The first-order chi connectivity index (χ1) is 10.2. The SMILES string of the molecule is COc1ccc2c(c1)-c1cc(C)nn1C1(CCCCC1)N2. The summed E-state index contributed by atoms with van der Waals surface area (Å²) >= 11 is 0. The predicted octanol–water partition coefficient (Wildman–Crippen LogP) is 3.91. The van der Waals surface area contributed by atoms with Gasteiger partial charge in [0.25, 0.3) is 0 Å². The van der Waals surface area contributed by atoms with E-state index in [2.05, 4.69) is 35.1 Å². The average Bonchev–Trinajstić information content (AvgIpc) is 2.91. The number of fused-ring (bicyclic) bond motifs is 4. The maximum Gasteiger partial charge on any atom is 0.132 e. The quantitative estimate of drug-likeness (QED) is 0.862. The normalized spacial score (nSPS) is 18.8. The molecule has 0 radical (unpaired) electrons. The summed E-state index contributed by atoms with van der Waals surface area (Å²) in [5, 5.41) is 8.57. The maximum atomic E-state index is 5.38. The van der Waals surface area contributed by atoms with Crippen LogP contribution in [-0.2, 0) is 5.66 Å². The zero-order chi connectivity index (χ0) is 14.4. The topological polar surface area (TPSA) is 39.1 Å². The lowest BCUT2D eigenvalue weighted by molar-refractivity contribution is 0.208. The van der Waals surface area contributed by atoms with Crippen LogP contribution in [0.15, 0.2) is 24.3 Å². The van der Waals surface area contributed by atoms with Crippen LogP contribution < -0.4 is 10.1 Å². The van der Waals surface area contributed by atoms with Gasteiger partial charge < -0.3 is 10.1 Å². The highest BCUT2D eigenvalue weighted by Crippen LogP contribution is 2.46. The van der Waals surface area contributed by atoms with Crippen LogP contribution in [0.5, 0.6) is 5.75 Å². The zero-order valence-electron chi connectivity index (χ0n) is 12.6. The Labute approximate surface area is 125 Å². The van der Waals surface area contributed by atoms with E-state index < -0.39 is 0 Å². The van der Waals surface area contributed by atoms with Crippen molar-refractivity contribution in [2.75, 3.05) is 12.4 Å². The fourth-order valence-electron chi connectivity index (χ4n) is 3.77. The Morgan fingerprint density at radius 1 is 1.19 bits per heavy atom. The van der Waals surface area contributed by atoms with Gasteiger partial charge in [0.1, 0.15) is 11.4 Å². The van der Waals surface area contributed by atoms with Gasteiger partial charge in [-0.1, -0.05) is 6.42 Å². The number of nitrogens with zero attached hydrogens (tertiary/aromatic N) is 2. The summed E-state index contributed by atoms with van der Waals surface area (Å²) in [5.41, 5.74) is 4.63. The molecular weight excluding hydrogens is 262 g/mol. The smallest absolute Gasteiger partial charge is 0.132 e. The van der Waals surface area contributed by atoms with Crippen molar-refractivity contribution < 1.29 is 4.74 Å². The summed E-state index contributed by atoms with van der Waals surface area (Å²) in [7, 11) is 1.71. The molecular formula is C17H21N3O. The van der Waals surface area contributed by atoms with Gasteiger partial charge >= 0.3 is 0 Å². The number of rotatable bonds is 1. The van der Waals surface area contributed by atoms with Crippen molar-refractivity contribution in [2.24, 2.45) is 0 Å². The number of anilines is 1. The largest absolute Gasteiger partial charge is 0.497 e. The summed E-state index contributed by atoms with van der Waals surface area (Å²) in [6.45, 7) is 2.07. The summed E-state index contributed by atoms with van der Waals surface area (Å²) in [4.78, 5) is 0. The Kier molecular flexibility index (Phi) is 2.74. The molecule has 0 atom stereocenters. The van der Waals surface area contributed by atoms with Crippen molar-refractivity contribution in [1.29, 1.82) is 0 Å². The van der Waals surface area contributed by atoms with E-state index in [0.717, 1.165) is 24.3 Å². The van der Waals surface area contributed by atoms with Crippen LogP contribution in [0.4, 0.5) is 5.69 Å². The Bertz CT molecular complexity index is 683. The minimum Gasteiger partial charge on any atom is -0.497 e. The number of aromatic nitrogens is 2. The molecule has 1 aromatic carbocycles. The van der Waals surface area contributed by atoms with Crippen molar-refractivity contribution in [2.45, 2.75) is 44.7 Å². The fourth-order valence-corrected chi connectivity index (χ4v) is 3.77. The van der Waals surface area contributed by atoms with E-state index in [0.29, 0.717) is 0 Å². The van der Waals surface area contributed by atoms with Crippen LogP contribution in [0, 0.1) is 6.92 Å². The molecule has 21 heavy (non-hydrogen) atoms. The molecule has 2 aromatic rings. The van der Waals surface area contributed by atoms with E-state index in [1.54, 1.807) is 7.11 Å². The van der Waals surface area contributed by atoms with Crippen LogP contribution in [0.25, 0.3) is 11.3 Å². The lowest BCUT2D eigenvalue weighted by atomic mass is 9.86. The van der Waals surface area contributed by atoms with Crippen LogP contribution in [0.3, 0.4) is 0 Å². The molecule has 0 saturated heterocycles. The Morgan fingerprint density at radius 3 is 2.76 bits per heavy atom. The van der Waals surface area contributed by atoms with Crippen molar-refractivity contribution >= 4 is 5.69 Å². The summed E-state index contributed by atoms with van der Waals surface area (Å²) in [6, 6.07) is 8.46. The first-order valence-corrected chi connectivity index (χ1v) is 7.76. The van der Waals surface area contributed by atoms with Gasteiger partial charge in [-0.2, -0.15) is 5.10 Å². The van der Waals surface area contributed by atoms with Crippen LogP contribution in [0.1, 0.15) is 37.8 Å². The second-order valence-corrected chi connectivity index (χ2v) is 6.21. The van der Waals surface area contributed by atoms with Gasteiger partial charge in [0.15, 0.2) is 0 Å². The van der Waals surface area contributed by atoms with Crippen molar-refractivity contribution in [3.63, 3.8) is 0 Å². The summed E-state index contributed by atoms with van der Waals surface area (Å²) < 4.78 is 7.61. The second kappa shape index (κ2) is 4.52. The molecule has 4 heteroatoms. The highest BCUT2D eigenvalue weighted by Gasteiger charge is 2.40. The van der Waals surface area contributed by atoms with E-state index >= 15 is 0 Å². The lowest BCUT2D eigenvalue weighted by Crippen LogP contribution is -2.46. The first-order valence-electron chi connectivity index (χ1n) is 7.76. The number of ether oxygens (including phenoxy) is 1. The number of benzene rings is 1. The van der Waals surface area contributed by atoms with Crippen molar-refractivity contribution in [1.82, 2.24) is 9.78 Å². The Morgan fingerprint density at radius 2 is 2.00 bits per heavy atom. The number of hydrogen-bond acceptors (Lipinski definition) is 3. The molecule has 1 aliphatic carbocycles. The molecule has 0 amide bonds. The fraction of sp³-hybridized carbons (Fsp3) is 0.471.